The average Bonchev–Trinajstić information content (AvgIpc) is 3.38. The second-order valence-electron chi connectivity index (χ2n) is 6.76. The van der Waals surface area contributed by atoms with E-state index < -0.39 is 0 Å². The molecule has 0 N–H and O–H groups in total. The van der Waals surface area contributed by atoms with Gasteiger partial charge >= 0.3 is 0 Å². The zero-order valence-electron chi connectivity index (χ0n) is 14.9. The Bertz CT molecular complexity index is 808. The van der Waals surface area contributed by atoms with Crippen molar-refractivity contribution in [1.82, 2.24) is 15.0 Å². The lowest BCUT2D eigenvalue weighted by molar-refractivity contribution is 0.0644. The van der Waals surface area contributed by atoms with Gasteiger partial charge in [0.05, 0.1) is 12.6 Å². The molecule has 6 heteroatoms. The first kappa shape index (κ1) is 17.4. The summed E-state index contributed by atoms with van der Waals surface area (Å²) in [6.45, 7) is 5.34. The normalized spacial score (nSPS) is 17.2. The van der Waals surface area contributed by atoms with E-state index in [1.54, 1.807) is 11.3 Å². The molecule has 1 fully saturated rings. The summed E-state index contributed by atoms with van der Waals surface area (Å²) in [6, 6.07) is 12.4. The zero-order valence-corrected chi connectivity index (χ0v) is 15.7. The van der Waals surface area contributed by atoms with Crippen molar-refractivity contribution in [2.75, 3.05) is 13.2 Å². The van der Waals surface area contributed by atoms with Crippen molar-refractivity contribution >= 4 is 11.3 Å². The quantitative estimate of drug-likeness (QED) is 0.622. The Kier molecular flexibility index (Phi) is 5.43. The van der Waals surface area contributed by atoms with E-state index in [2.05, 4.69) is 51.6 Å². The summed E-state index contributed by atoms with van der Waals surface area (Å²) in [7, 11) is 0. The Morgan fingerprint density at radius 2 is 2.08 bits per heavy atom. The average molecular weight is 369 g/mol. The number of benzene rings is 1. The van der Waals surface area contributed by atoms with Crippen molar-refractivity contribution < 1.29 is 9.26 Å². The summed E-state index contributed by atoms with van der Waals surface area (Å²) in [5.74, 6) is 1.29. The van der Waals surface area contributed by atoms with Crippen LogP contribution in [-0.2, 0) is 17.8 Å². The molecule has 1 atom stereocenters. The Balaban J connectivity index is 1.46. The molecule has 1 aliphatic rings. The van der Waals surface area contributed by atoms with Crippen molar-refractivity contribution in [3.63, 3.8) is 0 Å². The van der Waals surface area contributed by atoms with Gasteiger partial charge in [-0.3, -0.25) is 4.90 Å². The molecule has 0 radical (unpaired) electrons. The summed E-state index contributed by atoms with van der Waals surface area (Å²) in [6.07, 6.45) is 2.57. The number of ether oxygens (including phenoxy) is 1. The van der Waals surface area contributed by atoms with E-state index in [1.165, 1.54) is 10.4 Å². The van der Waals surface area contributed by atoms with Crippen molar-refractivity contribution in [3.8, 4) is 11.4 Å². The standard InChI is InChI=1S/C20H23N3O2S/c1-15-6-8-16(9-7-15)20-21-19(25-22-20)14-23(12-17-4-2-10-24-17)13-18-5-3-11-26-18/h3,5-9,11,17H,2,4,10,12-14H2,1H3. The fourth-order valence-corrected chi connectivity index (χ4v) is 3.96. The molecule has 1 saturated heterocycles. The number of hydrogen-bond acceptors (Lipinski definition) is 6. The molecule has 0 bridgehead atoms. The molecular formula is C20H23N3O2S. The predicted molar refractivity (Wildman–Crippen MR) is 102 cm³/mol. The van der Waals surface area contributed by atoms with Gasteiger partial charge in [-0.05, 0) is 31.2 Å². The van der Waals surface area contributed by atoms with E-state index in [1.807, 2.05) is 12.1 Å². The maximum Gasteiger partial charge on any atom is 0.241 e. The van der Waals surface area contributed by atoms with Crippen molar-refractivity contribution in [1.29, 1.82) is 0 Å². The van der Waals surface area contributed by atoms with Crippen LogP contribution in [0.4, 0.5) is 0 Å². The summed E-state index contributed by atoms with van der Waals surface area (Å²) in [5.41, 5.74) is 2.20. The van der Waals surface area contributed by atoms with E-state index >= 15 is 0 Å². The van der Waals surface area contributed by atoms with Gasteiger partial charge in [-0.25, -0.2) is 0 Å². The molecule has 136 valence electrons. The first-order valence-corrected chi connectivity index (χ1v) is 9.90. The molecule has 0 aliphatic carbocycles. The van der Waals surface area contributed by atoms with Gasteiger partial charge in [0.25, 0.3) is 0 Å². The monoisotopic (exact) mass is 369 g/mol. The fourth-order valence-electron chi connectivity index (χ4n) is 3.21. The largest absolute Gasteiger partial charge is 0.377 e. The van der Waals surface area contributed by atoms with Gasteiger partial charge in [0.15, 0.2) is 0 Å². The molecule has 3 aromatic rings. The predicted octanol–water partition coefficient (Wildman–Crippen LogP) is 4.29. The molecule has 3 heterocycles. The van der Waals surface area contributed by atoms with Crippen molar-refractivity contribution in [2.45, 2.75) is 39.0 Å². The second-order valence-corrected chi connectivity index (χ2v) is 7.79. The van der Waals surface area contributed by atoms with Crippen LogP contribution < -0.4 is 0 Å². The molecular weight excluding hydrogens is 346 g/mol. The van der Waals surface area contributed by atoms with Gasteiger partial charge < -0.3 is 9.26 Å². The third kappa shape index (κ3) is 4.38. The Labute approximate surface area is 157 Å². The highest BCUT2D eigenvalue weighted by Gasteiger charge is 2.21. The van der Waals surface area contributed by atoms with Gasteiger partial charge in [0, 0.05) is 30.1 Å². The van der Waals surface area contributed by atoms with Crippen molar-refractivity contribution in [2.24, 2.45) is 0 Å². The summed E-state index contributed by atoms with van der Waals surface area (Å²) in [5, 5.41) is 6.27. The van der Waals surface area contributed by atoms with Gasteiger partial charge in [0.1, 0.15) is 0 Å². The molecule has 0 saturated carbocycles. The van der Waals surface area contributed by atoms with Gasteiger partial charge in [-0.15, -0.1) is 11.3 Å². The lowest BCUT2D eigenvalue weighted by atomic mass is 10.1. The van der Waals surface area contributed by atoms with Crippen LogP contribution in [0.25, 0.3) is 11.4 Å². The van der Waals surface area contributed by atoms with Crippen LogP contribution in [-0.4, -0.2) is 34.3 Å². The van der Waals surface area contributed by atoms with E-state index in [-0.39, 0.29) is 0 Å². The van der Waals surface area contributed by atoms with Crippen LogP contribution in [0.15, 0.2) is 46.3 Å². The number of thiophene rings is 1. The second kappa shape index (κ2) is 8.12. The lowest BCUT2D eigenvalue weighted by Crippen LogP contribution is -2.31. The number of aryl methyl sites for hydroxylation is 1. The number of nitrogens with zero attached hydrogens (tertiary/aromatic N) is 3. The summed E-state index contributed by atoms with van der Waals surface area (Å²) >= 11 is 1.77. The van der Waals surface area contributed by atoms with E-state index in [0.29, 0.717) is 24.4 Å². The number of aromatic nitrogens is 2. The third-order valence-electron chi connectivity index (χ3n) is 4.58. The highest BCUT2D eigenvalue weighted by atomic mass is 32.1. The van der Waals surface area contributed by atoms with Gasteiger partial charge in [-0.2, -0.15) is 4.98 Å². The molecule has 1 unspecified atom stereocenters. The molecule has 26 heavy (non-hydrogen) atoms. The highest BCUT2D eigenvalue weighted by Crippen LogP contribution is 2.20. The van der Waals surface area contributed by atoms with E-state index in [4.69, 9.17) is 9.26 Å². The lowest BCUT2D eigenvalue weighted by Gasteiger charge is -2.23. The summed E-state index contributed by atoms with van der Waals surface area (Å²) in [4.78, 5) is 8.27. The number of rotatable bonds is 7. The molecule has 1 aliphatic heterocycles. The van der Waals surface area contributed by atoms with E-state index in [9.17, 15) is 0 Å². The minimum absolute atomic E-state index is 0.300. The van der Waals surface area contributed by atoms with Crippen LogP contribution in [0.3, 0.4) is 0 Å². The SMILES string of the molecule is Cc1ccc(-c2noc(CN(Cc3cccs3)CC3CCCO3)n2)cc1. The first-order valence-electron chi connectivity index (χ1n) is 9.02. The molecule has 5 nitrogen and oxygen atoms in total. The Morgan fingerprint density at radius 3 is 2.81 bits per heavy atom. The first-order chi connectivity index (χ1) is 12.8. The minimum Gasteiger partial charge on any atom is -0.377 e. The molecule has 4 rings (SSSR count). The molecule has 2 aromatic heterocycles. The number of hydrogen-bond donors (Lipinski definition) is 0. The van der Waals surface area contributed by atoms with Crippen LogP contribution in [0.1, 0.15) is 29.2 Å². The van der Waals surface area contributed by atoms with Crippen LogP contribution in [0, 0.1) is 6.92 Å². The molecule has 1 aromatic carbocycles. The zero-order chi connectivity index (χ0) is 17.8. The molecule has 0 amide bonds. The van der Waals surface area contributed by atoms with Gasteiger partial charge in [0.2, 0.25) is 11.7 Å². The molecule has 0 spiro atoms. The van der Waals surface area contributed by atoms with Crippen molar-refractivity contribution in [3.05, 3.63) is 58.1 Å². The van der Waals surface area contributed by atoms with Crippen LogP contribution in [0.2, 0.25) is 0 Å². The maximum absolute atomic E-state index is 5.82. The van der Waals surface area contributed by atoms with E-state index in [0.717, 1.165) is 38.1 Å². The Hall–Kier alpha value is -2.02. The smallest absolute Gasteiger partial charge is 0.241 e. The summed E-state index contributed by atoms with van der Waals surface area (Å²) < 4.78 is 11.3. The Morgan fingerprint density at radius 1 is 1.19 bits per heavy atom. The third-order valence-corrected chi connectivity index (χ3v) is 5.44. The van der Waals surface area contributed by atoms with Gasteiger partial charge in [-0.1, -0.05) is 41.1 Å². The van der Waals surface area contributed by atoms with Crippen LogP contribution >= 0.6 is 11.3 Å². The minimum atomic E-state index is 0.300. The highest BCUT2D eigenvalue weighted by molar-refractivity contribution is 7.09. The fraction of sp³-hybridized carbons (Fsp3) is 0.400. The maximum atomic E-state index is 5.82. The van der Waals surface area contributed by atoms with Crippen LogP contribution in [0.5, 0.6) is 0 Å². The topological polar surface area (TPSA) is 51.4 Å².